The number of carbonyl (C=O) groups is 5. The second-order valence-electron chi connectivity index (χ2n) is 11.7. The Morgan fingerprint density at radius 2 is 1.72 bits per heavy atom. The van der Waals surface area contributed by atoms with Gasteiger partial charge in [0, 0.05) is 30.6 Å². The number of esters is 2. The van der Waals surface area contributed by atoms with Gasteiger partial charge < -0.3 is 29.3 Å². The number of piperazine rings is 1. The smallest absolute Gasteiger partial charge is 0.326 e. The molecular weight excluding hydrogens is 634 g/mol. The third kappa shape index (κ3) is 9.36. The van der Waals surface area contributed by atoms with Crippen LogP contribution in [-0.4, -0.2) is 101 Å². The first-order valence-corrected chi connectivity index (χ1v) is 15.7. The van der Waals surface area contributed by atoms with Crippen LogP contribution >= 0.6 is 0 Å². The molecule has 16 heteroatoms. The molecule has 2 N–H and O–H groups in total. The Kier molecular flexibility index (Phi) is 11.3. The van der Waals surface area contributed by atoms with E-state index in [1.54, 1.807) is 57.2 Å². The second-order valence-corrected chi connectivity index (χ2v) is 12.5. The Labute approximate surface area is 274 Å². The second kappa shape index (κ2) is 15.2. The van der Waals surface area contributed by atoms with Gasteiger partial charge in [-0.2, -0.15) is 4.28 Å². The van der Waals surface area contributed by atoms with Crippen LogP contribution in [0.25, 0.3) is 0 Å². The van der Waals surface area contributed by atoms with Gasteiger partial charge in [-0.3, -0.25) is 24.0 Å². The molecule has 2 heterocycles. The summed E-state index contributed by atoms with van der Waals surface area (Å²) in [6.45, 7) is 4.73. The number of nitrogens with zero attached hydrogens (tertiary/aromatic N) is 3. The molecule has 2 aromatic carbocycles. The first kappa shape index (κ1) is 35.0. The van der Waals surface area contributed by atoms with Crippen molar-refractivity contribution >= 4 is 46.8 Å². The number of amidine groups is 1. The van der Waals surface area contributed by atoms with E-state index in [0.717, 1.165) is 0 Å². The van der Waals surface area contributed by atoms with Gasteiger partial charge in [0.25, 0.3) is 5.91 Å². The molecule has 15 nitrogen and oxygen atoms in total. The van der Waals surface area contributed by atoms with Crippen molar-refractivity contribution in [3.05, 3.63) is 65.2 Å². The van der Waals surface area contributed by atoms with E-state index < -0.39 is 65.0 Å². The lowest BCUT2D eigenvalue weighted by Crippen LogP contribution is -2.63. The fourth-order valence-electron chi connectivity index (χ4n) is 4.94. The Morgan fingerprint density at radius 3 is 2.30 bits per heavy atom. The van der Waals surface area contributed by atoms with Crippen molar-refractivity contribution in [2.75, 3.05) is 33.9 Å². The van der Waals surface area contributed by atoms with Crippen LogP contribution in [-0.2, 0) is 50.6 Å². The Bertz CT molecular complexity index is 1560. The Balaban J connectivity index is 1.58. The number of carbonyl (C=O) groups excluding carboxylic acids is 5. The summed E-state index contributed by atoms with van der Waals surface area (Å²) in [5.74, 6) is -2.34. The number of nitrogens with one attached hydrogen (secondary N) is 2. The molecule has 0 aromatic heterocycles. The van der Waals surface area contributed by atoms with Crippen LogP contribution in [0.1, 0.15) is 48.7 Å². The minimum atomic E-state index is -1.86. The first-order chi connectivity index (χ1) is 22.3. The molecule has 3 atom stereocenters. The minimum Gasteiger partial charge on any atom is -0.497 e. The maximum atomic E-state index is 14.2. The van der Waals surface area contributed by atoms with E-state index in [1.807, 2.05) is 0 Å². The summed E-state index contributed by atoms with van der Waals surface area (Å²) in [5.41, 5.74) is 3.09. The van der Waals surface area contributed by atoms with E-state index in [1.165, 1.54) is 36.2 Å². The van der Waals surface area contributed by atoms with E-state index in [9.17, 15) is 28.2 Å². The Hall–Kier alpha value is -4.83. The summed E-state index contributed by atoms with van der Waals surface area (Å²) < 4.78 is 35.3. The van der Waals surface area contributed by atoms with Crippen LogP contribution in [0.2, 0.25) is 0 Å². The molecule has 1 unspecified atom stereocenters. The molecule has 0 saturated carbocycles. The Morgan fingerprint density at radius 1 is 1.04 bits per heavy atom. The third-order valence-electron chi connectivity index (χ3n) is 7.19. The highest BCUT2D eigenvalue weighted by Crippen LogP contribution is 2.21. The molecule has 1 fully saturated rings. The number of rotatable bonds is 11. The third-order valence-corrected chi connectivity index (χ3v) is 7.75. The fourth-order valence-corrected chi connectivity index (χ4v) is 5.42. The van der Waals surface area contributed by atoms with Crippen molar-refractivity contribution < 1.29 is 46.7 Å². The maximum Gasteiger partial charge on any atom is 0.326 e. The molecule has 47 heavy (non-hydrogen) atoms. The summed E-state index contributed by atoms with van der Waals surface area (Å²) >= 11 is -1.86. The summed E-state index contributed by atoms with van der Waals surface area (Å²) in [5, 5.41) is 2.78. The zero-order valence-electron chi connectivity index (χ0n) is 26.6. The van der Waals surface area contributed by atoms with Crippen molar-refractivity contribution in [3.63, 3.8) is 0 Å². The van der Waals surface area contributed by atoms with Gasteiger partial charge in [0.05, 0.1) is 20.6 Å². The zero-order valence-corrected chi connectivity index (χ0v) is 27.5. The van der Waals surface area contributed by atoms with Gasteiger partial charge in [-0.15, -0.1) is 4.40 Å². The number of amides is 3. The van der Waals surface area contributed by atoms with Gasteiger partial charge in [0.2, 0.25) is 11.8 Å². The van der Waals surface area contributed by atoms with E-state index in [0.29, 0.717) is 16.9 Å². The minimum absolute atomic E-state index is 0.00141. The summed E-state index contributed by atoms with van der Waals surface area (Å²) in [4.78, 5) is 68.7. The van der Waals surface area contributed by atoms with Crippen LogP contribution in [0.15, 0.2) is 52.9 Å². The predicted octanol–water partition coefficient (Wildman–Crippen LogP) is 0.841. The number of hydrogen-bond donors (Lipinski definition) is 2. The molecule has 1 saturated heterocycles. The monoisotopic (exact) mass is 671 g/mol. The lowest BCUT2D eigenvalue weighted by Gasteiger charge is -2.41. The van der Waals surface area contributed by atoms with Crippen molar-refractivity contribution in [2.24, 2.45) is 4.40 Å². The highest BCUT2D eigenvalue weighted by atomic mass is 32.2. The number of benzene rings is 2. The topological polar surface area (TPSA) is 182 Å². The normalized spacial score (nSPS) is 18.5. The molecule has 0 bridgehead atoms. The van der Waals surface area contributed by atoms with Crippen molar-refractivity contribution in [1.82, 2.24) is 20.6 Å². The van der Waals surface area contributed by atoms with Gasteiger partial charge in [0.15, 0.2) is 5.84 Å². The molecule has 4 rings (SSSR count). The van der Waals surface area contributed by atoms with Gasteiger partial charge in [0.1, 0.15) is 30.0 Å². The van der Waals surface area contributed by atoms with Gasteiger partial charge in [-0.25, -0.2) is 9.69 Å². The molecule has 252 valence electrons. The molecule has 2 aromatic rings. The summed E-state index contributed by atoms with van der Waals surface area (Å²) in [7, 11) is 2.69. The fraction of sp³-hybridized carbons (Fsp3) is 0.419. The number of hydrogen-bond acceptors (Lipinski definition) is 11. The van der Waals surface area contributed by atoms with Crippen molar-refractivity contribution in [3.8, 4) is 5.75 Å². The van der Waals surface area contributed by atoms with Crippen LogP contribution in [0.4, 0.5) is 0 Å². The lowest BCUT2D eigenvalue weighted by atomic mass is 10.0. The first-order valence-electron chi connectivity index (χ1n) is 14.6. The molecule has 0 aliphatic carbocycles. The lowest BCUT2D eigenvalue weighted by molar-refractivity contribution is -0.164. The maximum absolute atomic E-state index is 14.2. The molecule has 2 aliphatic rings. The number of ether oxygens (including phenoxy) is 3. The van der Waals surface area contributed by atoms with Crippen molar-refractivity contribution in [1.29, 1.82) is 0 Å². The van der Waals surface area contributed by atoms with Crippen LogP contribution in [0, 0.1) is 0 Å². The van der Waals surface area contributed by atoms with Crippen LogP contribution in [0.5, 0.6) is 5.75 Å². The van der Waals surface area contributed by atoms with E-state index in [2.05, 4.69) is 15.2 Å². The molecule has 0 spiro atoms. The van der Waals surface area contributed by atoms with Crippen molar-refractivity contribution in [2.45, 2.75) is 51.3 Å². The summed E-state index contributed by atoms with van der Waals surface area (Å²) in [6, 6.07) is 10.6. The standard InChI is InChI=1S/C31H37N5O10S/c1-31(2,3)45-26(38)18-35-14-15-36(24(30(35)41)17-25(37)44-5)29(40)23(16-19-6-12-22(43-4)13-7-19)32-28(39)21-10-8-20(9-11-21)27-33-46-47(42)34-27/h6-13,23-24H,14-18H2,1-5H3,(H,32,39)(H,33,34)/t23-,24-,47?/m0/s1. The largest absolute Gasteiger partial charge is 0.497 e. The average Bonchev–Trinajstić information content (AvgIpc) is 3.47. The van der Waals surface area contributed by atoms with Gasteiger partial charge in [-0.1, -0.05) is 24.3 Å². The molecule has 3 amide bonds. The average molecular weight is 672 g/mol. The predicted molar refractivity (Wildman–Crippen MR) is 168 cm³/mol. The quantitative estimate of drug-likeness (QED) is 0.323. The highest BCUT2D eigenvalue weighted by Gasteiger charge is 2.42. The molecular formula is C31H37N5O10S. The SMILES string of the molecule is COC(=O)C[C@H]1C(=O)N(CC(=O)OC(C)(C)C)CCN1C(=O)[C@H](Cc1ccc(OC)cc1)NC(=O)c1ccc(C2=NS(=O)ON2)cc1. The summed E-state index contributed by atoms with van der Waals surface area (Å²) in [6.07, 6.45) is -0.406. The van der Waals surface area contributed by atoms with Gasteiger partial charge >= 0.3 is 23.2 Å². The highest BCUT2D eigenvalue weighted by molar-refractivity contribution is 7.79. The number of methoxy groups -OCH3 is 2. The van der Waals surface area contributed by atoms with E-state index in [-0.39, 0.29) is 37.5 Å². The van der Waals surface area contributed by atoms with E-state index in [4.69, 9.17) is 18.5 Å². The molecule has 2 aliphatic heterocycles. The van der Waals surface area contributed by atoms with Crippen LogP contribution < -0.4 is 15.5 Å². The molecule has 0 radical (unpaired) electrons. The number of hydroxylamine groups is 1. The zero-order chi connectivity index (χ0) is 34.3. The van der Waals surface area contributed by atoms with E-state index >= 15 is 0 Å². The van der Waals surface area contributed by atoms with Crippen LogP contribution in [0.3, 0.4) is 0 Å². The van der Waals surface area contributed by atoms with Gasteiger partial charge in [-0.05, 0) is 50.6 Å².